The van der Waals surface area contributed by atoms with Crippen LogP contribution >= 0.6 is 0 Å². The Balaban J connectivity index is 3.09. The Morgan fingerprint density at radius 1 is 1.60 bits per heavy atom. The van der Waals surface area contributed by atoms with Crippen LogP contribution in [0.25, 0.3) is 0 Å². The lowest BCUT2D eigenvalue weighted by Crippen LogP contribution is -2.54. The summed E-state index contributed by atoms with van der Waals surface area (Å²) < 4.78 is 0. The minimum absolute atomic E-state index is 0.158. The van der Waals surface area contributed by atoms with E-state index in [0.717, 1.165) is 19.4 Å². The fourth-order valence-corrected chi connectivity index (χ4v) is 0.654. The van der Waals surface area contributed by atoms with Gasteiger partial charge >= 0.3 is 0 Å². The van der Waals surface area contributed by atoms with Crippen LogP contribution in [0.4, 0.5) is 0 Å². The van der Waals surface area contributed by atoms with Gasteiger partial charge in [-0.25, -0.2) is 0 Å². The molecule has 4 N–H and O–H groups in total. The summed E-state index contributed by atoms with van der Waals surface area (Å²) >= 11 is 0. The highest BCUT2D eigenvalue weighted by atomic mass is 16.1. The fraction of sp³-hybridized carbons (Fsp3) is 0.857. The zero-order valence-electron chi connectivity index (χ0n) is 6.65. The number of quaternary nitrogens is 1. The van der Waals surface area contributed by atoms with E-state index in [4.69, 9.17) is 0 Å². The number of nitrogens with one attached hydrogen (secondary N) is 1. The summed E-state index contributed by atoms with van der Waals surface area (Å²) in [5, 5.41) is 2.77. The molecular weight excluding hydrogens is 128 g/mol. The SMILES string of the molecule is CCCCC(=O)NCC[NH3+]. The molecule has 0 saturated carbocycles. The molecule has 10 heavy (non-hydrogen) atoms. The van der Waals surface area contributed by atoms with Gasteiger partial charge in [0.05, 0.1) is 13.1 Å². The highest BCUT2D eigenvalue weighted by Gasteiger charge is 1.97. The van der Waals surface area contributed by atoms with Gasteiger partial charge in [-0.3, -0.25) is 4.79 Å². The van der Waals surface area contributed by atoms with Crippen molar-refractivity contribution in [2.24, 2.45) is 0 Å². The van der Waals surface area contributed by atoms with Crippen LogP contribution in [0.2, 0.25) is 0 Å². The van der Waals surface area contributed by atoms with Crippen LogP contribution in [0.15, 0.2) is 0 Å². The van der Waals surface area contributed by atoms with Gasteiger partial charge in [0.1, 0.15) is 0 Å². The molecule has 0 atom stereocenters. The van der Waals surface area contributed by atoms with Gasteiger partial charge in [0.2, 0.25) is 5.91 Å². The van der Waals surface area contributed by atoms with Gasteiger partial charge < -0.3 is 11.1 Å². The van der Waals surface area contributed by atoms with Gasteiger partial charge in [-0.2, -0.15) is 0 Å². The van der Waals surface area contributed by atoms with Crippen molar-refractivity contribution in [3.05, 3.63) is 0 Å². The molecule has 0 aromatic carbocycles. The molecule has 0 bridgehead atoms. The maximum Gasteiger partial charge on any atom is 0.220 e. The van der Waals surface area contributed by atoms with E-state index in [0.29, 0.717) is 13.0 Å². The molecule has 60 valence electrons. The number of carbonyl (C=O) groups is 1. The molecule has 1 amide bonds. The summed E-state index contributed by atoms with van der Waals surface area (Å²) in [4.78, 5) is 10.8. The standard InChI is InChI=1S/C7H16N2O/c1-2-3-4-7(10)9-6-5-8/h2-6,8H2,1H3,(H,9,10)/p+1. The lowest BCUT2D eigenvalue weighted by Gasteiger charge is -1.99. The van der Waals surface area contributed by atoms with Crippen molar-refractivity contribution in [1.82, 2.24) is 5.32 Å². The highest BCUT2D eigenvalue weighted by molar-refractivity contribution is 5.75. The van der Waals surface area contributed by atoms with Crippen LogP contribution < -0.4 is 11.1 Å². The molecule has 0 radical (unpaired) electrons. The van der Waals surface area contributed by atoms with E-state index in [-0.39, 0.29) is 5.91 Å². The monoisotopic (exact) mass is 145 g/mol. The van der Waals surface area contributed by atoms with Crippen molar-refractivity contribution >= 4 is 5.91 Å². The summed E-state index contributed by atoms with van der Waals surface area (Å²) in [6.07, 6.45) is 2.73. The zero-order chi connectivity index (χ0) is 7.82. The minimum atomic E-state index is 0.158. The highest BCUT2D eigenvalue weighted by Crippen LogP contribution is 1.91. The van der Waals surface area contributed by atoms with E-state index in [1.807, 2.05) is 0 Å². The Morgan fingerprint density at radius 2 is 2.30 bits per heavy atom. The van der Waals surface area contributed by atoms with E-state index in [1.54, 1.807) is 0 Å². The molecule has 0 rings (SSSR count). The topological polar surface area (TPSA) is 56.7 Å². The summed E-state index contributed by atoms with van der Waals surface area (Å²) in [6.45, 7) is 3.56. The fourth-order valence-electron chi connectivity index (χ4n) is 0.654. The number of amides is 1. The molecule has 0 heterocycles. The second-order valence-corrected chi connectivity index (χ2v) is 2.31. The quantitative estimate of drug-likeness (QED) is 0.540. The molecule has 0 unspecified atom stereocenters. The number of rotatable bonds is 5. The molecule has 0 spiro atoms. The predicted molar refractivity (Wildman–Crippen MR) is 40.3 cm³/mol. The van der Waals surface area contributed by atoms with Crippen LogP contribution in [0, 0.1) is 0 Å². The van der Waals surface area contributed by atoms with Crippen molar-refractivity contribution < 1.29 is 10.5 Å². The van der Waals surface area contributed by atoms with E-state index in [2.05, 4.69) is 18.0 Å². The maximum absolute atomic E-state index is 10.8. The first-order valence-corrected chi connectivity index (χ1v) is 3.87. The van der Waals surface area contributed by atoms with E-state index in [9.17, 15) is 4.79 Å². The van der Waals surface area contributed by atoms with Crippen LogP contribution in [-0.2, 0) is 4.79 Å². The van der Waals surface area contributed by atoms with E-state index in [1.165, 1.54) is 0 Å². The number of unbranched alkanes of at least 4 members (excludes halogenated alkanes) is 1. The molecule has 0 aromatic rings. The lowest BCUT2D eigenvalue weighted by molar-refractivity contribution is -0.364. The van der Waals surface area contributed by atoms with Crippen LogP contribution in [0.1, 0.15) is 26.2 Å². The van der Waals surface area contributed by atoms with Crippen LogP contribution in [0.3, 0.4) is 0 Å². The van der Waals surface area contributed by atoms with Gasteiger partial charge in [-0.15, -0.1) is 0 Å². The lowest BCUT2D eigenvalue weighted by atomic mass is 10.2. The minimum Gasteiger partial charge on any atom is -0.356 e. The first-order chi connectivity index (χ1) is 4.81. The second kappa shape index (κ2) is 6.55. The van der Waals surface area contributed by atoms with Crippen molar-refractivity contribution in [3.63, 3.8) is 0 Å². The molecule has 3 nitrogen and oxygen atoms in total. The van der Waals surface area contributed by atoms with Gasteiger partial charge in [0.25, 0.3) is 0 Å². The van der Waals surface area contributed by atoms with Gasteiger partial charge in [0.15, 0.2) is 0 Å². The summed E-state index contributed by atoms with van der Waals surface area (Å²) in [7, 11) is 0. The third-order valence-corrected chi connectivity index (χ3v) is 1.26. The molecule has 0 aliphatic carbocycles. The molecule has 3 heteroatoms. The number of hydrogen-bond acceptors (Lipinski definition) is 1. The van der Waals surface area contributed by atoms with E-state index >= 15 is 0 Å². The third kappa shape index (κ3) is 5.56. The normalized spacial score (nSPS) is 9.40. The van der Waals surface area contributed by atoms with Crippen LogP contribution in [0.5, 0.6) is 0 Å². The van der Waals surface area contributed by atoms with Crippen molar-refractivity contribution in [2.75, 3.05) is 13.1 Å². The summed E-state index contributed by atoms with van der Waals surface area (Å²) in [5.41, 5.74) is 3.62. The Hall–Kier alpha value is -0.570. The average Bonchev–Trinajstić information content (AvgIpc) is 1.97. The summed E-state index contributed by atoms with van der Waals surface area (Å²) in [5.74, 6) is 0.158. The second-order valence-electron chi connectivity index (χ2n) is 2.31. The Morgan fingerprint density at radius 3 is 2.80 bits per heavy atom. The van der Waals surface area contributed by atoms with Crippen LogP contribution in [-0.4, -0.2) is 19.0 Å². The number of carbonyl (C=O) groups excluding carboxylic acids is 1. The van der Waals surface area contributed by atoms with Crippen molar-refractivity contribution in [3.8, 4) is 0 Å². The molecule has 0 aliphatic heterocycles. The summed E-state index contributed by atoms with van der Waals surface area (Å²) in [6, 6.07) is 0. The Bertz CT molecular complexity index is 83.6. The Kier molecular flexibility index (Phi) is 6.18. The van der Waals surface area contributed by atoms with Gasteiger partial charge in [-0.05, 0) is 6.42 Å². The first kappa shape index (κ1) is 9.43. The van der Waals surface area contributed by atoms with Crippen molar-refractivity contribution in [1.29, 1.82) is 0 Å². The largest absolute Gasteiger partial charge is 0.356 e. The van der Waals surface area contributed by atoms with Gasteiger partial charge in [0, 0.05) is 6.42 Å². The maximum atomic E-state index is 10.8. The number of hydrogen-bond donors (Lipinski definition) is 2. The molecule has 0 fully saturated rings. The molecule has 0 aromatic heterocycles. The van der Waals surface area contributed by atoms with Gasteiger partial charge in [-0.1, -0.05) is 13.3 Å². The molecular formula is C7H17N2O+. The van der Waals surface area contributed by atoms with Crippen molar-refractivity contribution in [2.45, 2.75) is 26.2 Å². The average molecular weight is 145 g/mol. The predicted octanol–water partition coefficient (Wildman–Crippen LogP) is -0.465. The molecule has 0 saturated heterocycles. The Labute approximate surface area is 62.0 Å². The zero-order valence-corrected chi connectivity index (χ0v) is 6.65. The smallest absolute Gasteiger partial charge is 0.220 e. The first-order valence-electron chi connectivity index (χ1n) is 3.87. The van der Waals surface area contributed by atoms with E-state index < -0.39 is 0 Å². The third-order valence-electron chi connectivity index (χ3n) is 1.26. The molecule has 0 aliphatic rings.